The SMILES string of the molecule is [2H][C@@H](N)C(C)(C)C. The van der Waals surface area contributed by atoms with Crippen LogP contribution in [0.3, 0.4) is 0 Å². The number of rotatable bonds is 0. The van der Waals surface area contributed by atoms with Crippen LogP contribution in [0.5, 0.6) is 0 Å². The van der Waals surface area contributed by atoms with Gasteiger partial charge in [-0.15, -0.1) is 0 Å². The predicted molar refractivity (Wildman–Crippen MR) is 28.5 cm³/mol. The molecule has 38 valence electrons. The predicted octanol–water partition coefficient (Wildman–Crippen LogP) is 0.991. The van der Waals surface area contributed by atoms with Crippen molar-refractivity contribution in [3.63, 3.8) is 0 Å². The standard InChI is InChI=1S/C5H13N/c1-5(2,3)4-6/h4,6H2,1-3H3/i4D/t4-/m1/s1. The molecule has 0 radical (unpaired) electrons. The molecule has 0 aliphatic heterocycles. The first-order valence-corrected chi connectivity index (χ1v) is 2.12. The van der Waals surface area contributed by atoms with Gasteiger partial charge in [0.25, 0.3) is 0 Å². The van der Waals surface area contributed by atoms with Gasteiger partial charge in [-0.3, -0.25) is 0 Å². The monoisotopic (exact) mass is 88.1 g/mol. The van der Waals surface area contributed by atoms with E-state index in [1.165, 1.54) is 0 Å². The van der Waals surface area contributed by atoms with Crippen LogP contribution in [0.1, 0.15) is 22.1 Å². The summed E-state index contributed by atoms with van der Waals surface area (Å²) in [5, 5.41) is 0. The molecule has 0 saturated heterocycles. The lowest BCUT2D eigenvalue weighted by molar-refractivity contribution is 0.428. The summed E-state index contributed by atoms with van der Waals surface area (Å²) in [5.41, 5.74) is 5.18. The van der Waals surface area contributed by atoms with Crippen molar-refractivity contribution in [2.75, 3.05) is 6.52 Å². The third-order valence-corrected chi connectivity index (χ3v) is 0.500. The molecule has 0 fully saturated rings. The summed E-state index contributed by atoms with van der Waals surface area (Å²) in [6.45, 7) is 5.40. The van der Waals surface area contributed by atoms with E-state index in [0.29, 0.717) is 0 Å². The van der Waals surface area contributed by atoms with Crippen LogP contribution in [-0.4, -0.2) is 6.52 Å². The van der Waals surface area contributed by atoms with E-state index in [-0.39, 0.29) is 5.41 Å². The summed E-state index contributed by atoms with van der Waals surface area (Å²) in [6, 6.07) is 0. The maximum Gasteiger partial charge on any atom is 0.0431 e. The largest absolute Gasteiger partial charge is 0.330 e. The average Bonchev–Trinajstić information content (AvgIpc) is 1.31. The highest BCUT2D eigenvalue weighted by molar-refractivity contribution is 4.59. The Morgan fingerprint density at radius 1 is 1.67 bits per heavy atom. The lowest BCUT2D eigenvalue weighted by atomic mass is 9.98. The van der Waals surface area contributed by atoms with Crippen LogP contribution in [0.25, 0.3) is 0 Å². The van der Waals surface area contributed by atoms with Crippen molar-refractivity contribution in [3.05, 3.63) is 0 Å². The van der Waals surface area contributed by atoms with Gasteiger partial charge in [0.05, 0.1) is 0 Å². The second-order valence-corrected chi connectivity index (χ2v) is 2.53. The van der Waals surface area contributed by atoms with E-state index in [4.69, 9.17) is 7.10 Å². The van der Waals surface area contributed by atoms with Crippen molar-refractivity contribution < 1.29 is 1.37 Å². The van der Waals surface area contributed by atoms with E-state index in [1.807, 2.05) is 20.8 Å². The van der Waals surface area contributed by atoms with E-state index in [9.17, 15) is 0 Å². The Hall–Kier alpha value is -0.0400. The Morgan fingerprint density at radius 2 is 1.83 bits per heavy atom. The van der Waals surface area contributed by atoms with Crippen molar-refractivity contribution in [1.29, 1.82) is 0 Å². The van der Waals surface area contributed by atoms with Crippen LogP contribution in [0.4, 0.5) is 0 Å². The number of hydrogen-bond donors (Lipinski definition) is 1. The molecule has 1 atom stereocenters. The van der Waals surface area contributed by atoms with Crippen LogP contribution >= 0.6 is 0 Å². The van der Waals surface area contributed by atoms with Gasteiger partial charge < -0.3 is 5.73 Å². The van der Waals surface area contributed by atoms with Gasteiger partial charge in [0.1, 0.15) is 0 Å². The number of hydrogen-bond acceptors (Lipinski definition) is 1. The normalized spacial score (nSPS) is 19.7. The average molecular weight is 88.2 g/mol. The van der Waals surface area contributed by atoms with Gasteiger partial charge >= 0.3 is 0 Å². The summed E-state index contributed by atoms with van der Waals surface area (Å²) < 4.78 is 7.01. The Bertz CT molecular complexity index is 53.6. The van der Waals surface area contributed by atoms with Gasteiger partial charge in [0.2, 0.25) is 0 Å². The highest BCUT2D eigenvalue weighted by Crippen LogP contribution is 2.07. The van der Waals surface area contributed by atoms with Crippen LogP contribution in [0, 0.1) is 5.41 Å². The molecule has 0 aromatic heterocycles. The van der Waals surface area contributed by atoms with Crippen LogP contribution in [-0.2, 0) is 0 Å². The second kappa shape index (κ2) is 1.61. The first kappa shape index (κ1) is 4.13. The first-order chi connectivity index (χ1) is 2.94. The minimum atomic E-state index is -0.451. The van der Waals surface area contributed by atoms with Crippen molar-refractivity contribution in [2.45, 2.75) is 20.8 Å². The summed E-state index contributed by atoms with van der Waals surface area (Å²) in [5.74, 6) is 0. The molecular weight excluding hydrogens is 74.1 g/mol. The van der Waals surface area contributed by atoms with E-state index < -0.39 is 6.52 Å². The summed E-state index contributed by atoms with van der Waals surface area (Å²) in [6.07, 6.45) is 0. The third-order valence-electron chi connectivity index (χ3n) is 0.500. The third kappa shape index (κ3) is 3.96. The van der Waals surface area contributed by atoms with Gasteiger partial charge in [-0.2, -0.15) is 0 Å². The molecule has 0 unspecified atom stereocenters. The topological polar surface area (TPSA) is 26.0 Å². The van der Waals surface area contributed by atoms with Gasteiger partial charge in [-0.1, -0.05) is 20.8 Å². The molecule has 0 aliphatic carbocycles. The molecule has 0 amide bonds. The fourth-order valence-corrected chi connectivity index (χ4v) is 0. The lowest BCUT2D eigenvalue weighted by Crippen LogP contribution is -2.18. The fourth-order valence-electron chi connectivity index (χ4n) is 0. The molecule has 0 aromatic carbocycles. The molecule has 0 bridgehead atoms. The summed E-state index contributed by atoms with van der Waals surface area (Å²) in [4.78, 5) is 0. The smallest absolute Gasteiger partial charge is 0.0431 e. The highest BCUT2D eigenvalue weighted by atomic mass is 14.6. The zero-order valence-electron chi connectivity index (χ0n) is 5.65. The molecule has 0 spiro atoms. The molecule has 0 aromatic rings. The molecule has 0 aliphatic rings. The van der Waals surface area contributed by atoms with Crippen molar-refractivity contribution in [2.24, 2.45) is 11.1 Å². The van der Waals surface area contributed by atoms with Gasteiger partial charge in [0, 0.05) is 1.37 Å². The molecule has 6 heavy (non-hydrogen) atoms. The first-order valence-electron chi connectivity index (χ1n) is 2.70. The zero-order valence-corrected chi connectivity index (χ0v) is 4.65. The van der Waals surface area contributed by atoms with Crippen LogP contribution in [0.15, 0.2) is 0 Å². The Balaban J connectivity index is 3.54. The summed E-state index contributed by atoms with van der Waals surface area (Å²) >= 11 is 0. The minimum absolute atomic E-state index is 0.0556. The molecule has 0 heterocycles. The molecular formula is C5H13N. The van der Waals surface area contributed by atoms with Crippen LogP contribution < -0.4 is 5.73 Å². The van der Waals surface area contributed by atoms with Gasteiger partial charge in [-0.25, -0.2) is 0 Å². The Morgan fingerprint density at radius 3 is 1.83 bits per heavy atom. The van der Waals surface area contributed by atoms with E-state index in [2.05, 4.69) is 0 Å². The quantitative estimate of drug-likeness (QED) is 0.469. The Labute approximate surface area is 40.9 Å². The zero-order chi connectivity index (χ0) is 6.08. The fraction of sp³-hybridized carbons (Fsp3) is 1.00. The van der Waals surface area contributed by atoms with Gasteiger partial charge in [0.15, 0.2) is 0 Å². The Kier molecular flexibility index (Phi) is 1.10. The van der Waals surface area contributed by atoms with Crippen molar-refractivity contribution >= 4 is 0 Å². The van der Waals surface area contributed by atoms with Crippen molar-refractivity contribution in [1.82, 2.24) is 0 Å². The van der Waals surface area contributed by atoms with Gasteiger partial charge in [-0.05, 0) is 11.9 Å². The second-order valence-electron chi connectivity index (χ2n) is 2.53. The van der Waals surface area contributed by atoms with E-state index in [1.54, 1.807) is 0 Å². The molecule has 0 rings (SSSR count). The molecule has 0 saturated carbocycles. The maximum absolute atomic E-state index is 7.01. The van der Waals surface area contributed by atoms with E-state index in [0.717, 1.165) is 0 Å². The van der Waals surface area contributed by atoms with Crippen LogP contribution in [0.2, 0.25) is 0 Å². The molecule has 2 N–H and O–H groups in total. The lowest BCUT2D eigenvalue weighted by Gasteiger charge is -2.12. The summed E-state index contributed by atoms with van der Waals surface area (Å²) in [7, 11) is 0. The highest BCUT2D eigenvalue weighted by Gasteiger charge is 2.03. The maximum atomic E-state index is 7.01. The van der Waals surface area contributed by atoms with E-state index >= 15 is 0 Å². The molecule has 1 nitrogen and oxygen atoms in total. The molecule has 1 heteroatoms. The van der Waals surface area contributed by atoms with Crippen molar-refractivity contribution in [3.8, 4) is 0 Å². The number of nitrogens with two attached hydrogens (primary N) is 1. The minimum Gasteiger partial charge on any atom is -0.330 e.